The lowest BCUT2D eigenvalue weighted by atomic mass is 9.94. The highest BCUT2D eigenvalue weighted by Crippen LogP contribution is 2.41. The molecule has 6 heteroatoms. The minimum atomic E-state index is -4.05. The zero-order valence-electron chi connectivity index (χ0n) is 16.3. The molecule has 30 heavy (non-hydrogen) atoms. The molecule has 0 spiro atoms. The lowest BCUT2D eigenvalue weighted by molar-refractivity contribution is 0.0822. The van der Waals surface area contributed by atoms with E-state index in [9.17, 15) is 13.2 Å². The van der Waals surface area contributed by atoms with Gasteiger partial charge in [0.1, 0.15) is 0 Å². The monoisotopic (exact) mass is 481 g/mol. The lowest BCUT2D eigenvalue weighted by Crippen LogP contribution is -2.49. The van der Waals surface area contributed by atoms with Crippen molar-refractivity contribution in [2.75, 3.05) is 0 Å². The number of hydrogen-bond donors (Lipinski definition) is 0. The fourth-order valence-corrected chi connectivity index (χ4v) is 6.04. The first kappa shape index (κ1) is 20.6. The van der Waals surface area contributed by atoms with Gasteiger partial charge in [-0.25, -0.2) is 12.7 Å². The second-order valence-electron chi connectivity index (χ2n) is 7.17. The molecule has 1 aliphatic heterocycles. The van der Waals surface area contributed by atoms with Crippen molar-refractivity contribution in [1.29, 1.82) is 0 Å². The molecule has 4 rings (SSSR count). The van der Waals surface area contributed by atoms with Crippen LogP contribution >= 0.6 is 15.9 Å². The second kappa shape index (κ2) is 8.20. The maximum absolute atomic E-state index is 13.5. The maximum atomic E-state index is 13.5. The van der Waals surface area contributed by atoms with Crippen LogP contribution in [-0.2, 0) is 10.0 Å². The molecule has 3 aromatic rings. The van der Waals surface area contributed by atoms with Gasteiger partial charge in [-0.2, -0.15) is 0 Å². The lowest BCUT2D eigenvalue weighted by Gasteiger charge is -2.37. The zero-order valence-corrected chi connectivity index (χ0v) is 18.7. The summed E-state index contributed by atoms with van der Waals surface area (Å²) >= 11 is 3.66. The van der Waals surface area contributed by atoms with E-state index in [4.69, 9.17) is 0 Å². The Kier molecular flexibility index (Phi) is 5.62. The number of carbonyl (C=O) groups is 1. The van der Waals surface area contributed by atoms with Gasteiger partial charge in [0.2, 0.25) is 0 Å². The van der Waals surface area contributed by atoms with Crippen LogP contribution in [0.4, 0.5) is 0 Å². The van der Waals surface area contributed by atoms with Crippen LogP contribution < -0.4 is 0 Å². The van der Waals surface area contributed by atoms with Gasteiger partial charge in [0.25, 0.3) is 15.9 Å². The Bertz CT molecular complexity index is 1200. The number of carbonyl (C=O) groups excluding carboxylic acids is 1. The molecule has 152 valence electrons. The fraction of sp³-hybridized carbons (Fsp3) is 0.125. The Hall–Kier alpha value is -2.70. The first-order valence-electron chi connectivity index (χ1n) is 9.51. The number of alkyl halides is 1. The van der Waals surface area contributed by atoms with Crippen LogP contribution in [0.1, 0.15) is 31.9 Å². The third-order valence-electron chi connectivity index (χ3n) is 5.12. The molecule has 0 N–H and O–H groups in total. The van der Waals surface area contributed by atoms with E-state index in [1.807, 2.05) is 55.5 Å². The van der Waals surface area contributed by atoms with Crippen LogP contribution in [-0.4, -0.2) is 24.7 Å². The van der Waals surface area contributed by atoms with Crippen LogP contribution in [0.2, 0.25) is 0 Å². The third kappa shape index (κ3) is 3.73. The summed E-state index contributed by atoms with van der Waals surface area (Å²) in [6.45, 7) is 1.89. The van der Waals surface area contributed by atoms with Crippen LogP contribution in [0.5, 0.6) is 0 Å². The Morgan fingerprint density at radius 2 is 1.53 bits per heavy atom. The highest BCUT2D eigenvalue weighted by Gasteiger charge is 2.44. The number of amides is 1. The van der Waals surface area contributed by atoms with Crippen molar-refractivity contribution in [2.24, 2.45) is 0 Å². The van der Waals surface area contributed by atoms with E-state index in [1.165, 1.54) is 0 Å². The first-order chi connectivity index (χ1) is 14.4. The number of benzene rings is 3. The van der Waals surface area contributed by atoms with Crippen molar-refractivity contribution in [3.05, 3.63) is 107 Å². The topological polar surface area (TPSA) is 54.5 Å². The van der Waals surface area contributed by atoms with E-state index in [1.54, 1.807) is 42.5 Å². The van der Waals surface area contributed by atoms with Crippen molar-refractivity contribution in [3.8, 4) is 0 Å². The summed E-state index contributed by atoms with van der Waals surface area (Å²) < 4.78 is 28.1. The molecular weight excluding hydrogens is 462 g/mol. The second-order valence-corrected chi connectivity index (χ2v) is 9.97. The fourth-order valence-electron chi connectivity index (χ4n) is 3.53. The summed E-state index contributed by atoms with van der Waals surface area (Å²) in [6.07, 6.45) is 3.62. The van der Waals surface area contributed by atoms with Gasteiger partial charge < -0.3 is 0 Å². The number of hydrogen-bond acceptors (Lipinski definition) is 3. The summed E-state index contributed by atoms with van der Waals surface area (Å²) in [4.78, 5) is 13.1. The van der Waals surface area contributed by atoms with Crippen LogP contribution in [0, 0.1) is 6.92 Å². The smallest absolute Gasteiger partial charge is 0.268 e. The molecule has 1 amide bonds. The van der Waals surface area contributed by atoms with Gasteiger partial charge in [0, 0.05) is 5.56 Å². The Balaban J connectivity index is 1.85. The average molecular weight is 482 g/mol. The minimum Gasteiger partial charge on any atom is -0.268 e. The molecule has 0 saturated carbocycles. The largest absolute Gasteiger partial charge is 0.268 e. The van der Waals surface area contributed by atoms with Gasteiger partial charge in [-0.05, 0) is 36.2 Å². The third-order valence-corrected chi connectivity index (χ3v) is 7.95. The molecule has 0 aliphatic carbocycles. The summed E-state index contributed by atoms with van der Waals surface area (Å²) in [7, 11) is -4.05. The van der Waals surface area contributed by atoms with Gasteiger partial charge in [-0.15, -0.1) is 0 Å². The van der Waals surface area contributed by atoms with Gasteiger partial charge in [0.05, 0.1) is 15.8 Å². The maximum Gasteiger partial charge on any atom is 0.268 e. The summed E-state index contributed by atoms with van der Waals surface area (Å²) in [5.41, 5.74) is 3.04. The molecule has 3 aromatic carbocycles. The molecule has 1 heterocycles. The Morgan fingerprint density at radius 3 is 2.23 bits per heavy atom. The van der Waals surface area contributed by atoms with Crippen molar-refractivity contribution in [3.63, 3.8) is 0 Å². The zero-order chi connectivity index (χ0) is 21.3. The summed E-state index contributed by atoms with van der Waals surface area (Å²) in [6, 6.07) is 22.5. The predicted molar refractivity (Wildman–Crippen MR) is 122 cm³/mol. The van der Waals surface area contributed by atoms with Gasteiger partial charge in [-0.3, -0.25) is 4.79 Å². The first-order valence-corrected chi connectivity index (χ1v) is 11.9. The normalized spacial score (nSPS) is 19.1. The molecule has 1 aliphatic rings. The number of nitrogens with zero attached hydrogens (tertiary/aromatic N) is 1. The summed E-state index contributed by atoms with van der Waals surface area (Å²) in [5, 5.41) is 0. The Morgan fingerprint density at radius 1 is 0.900 bits per heavy atom. The Labute approximate surface area is 185 Å². The quantitative estimate of drug-likeness (QED) is 0.471. The number of fused-ring (bicyclic) bond motifs is 1. The molecule has 0 saturated heterocycles. The standard InChI is InChI=1S/C24H20BrNO3S/c1-17-11-14-19(15-12-17)30(28,29)26-22(16-13-18-7-3-2-4-8-18)23(25)20-9-5-6-10-21(20)24(26)27/h2-16,22-23H,1H3/b16-13+. The average Bonchev–Trinajstić information content (AvgIpc) is 2.76. The van der Waals surface area contributed by atoms with E-state index in [0.717, 1.165) is 21.0 Å². The van der Waals surface area contributed by atoms with Crippen LogP contribution in [0.25, 0.3) is 6.08 Å². The molecule has 4 nitrogen and oxygen atoms in total. The highest BCUT2D eigenvalue weighted by atomic mass is 79.9. The molecule has 0 fully saturated rings. The summed E-state index contributed by atoms with van der Waals surface area (Å²) in [5.74, 6) is -0.524. The SMILES string of the molecule is Cc1ccc(S(=O)(=O)N2C(=O)c3ccccc3C(Br)C2/C=C/c2ccccc2)cc1. The van der Waals surface area contributed by atoms with Crippen molar-refractivity contribution >= 4 is 37.9 Å². The van der Waals surface area contributed by atoms with E-state index >= 15 is 0 Å². The molecular formula is C24H20BrNO3S. The van der Waals surface area contributed by atoms with Gasteiger partial charge >= 0.3 is 0 Å². The number of aryl methyl sites for hydroxylation is 1. The van der Waals surface area contributed by atoms with E-state index in [0.29, 0.717) is 5.56 Å². The highest BCUT2D eigenvalue weighted by molar-refractivity contribution is 9.09. The van der Waals surface area contributed by atoms with E-state index in [2.05, 4.69) is 15.9 Å². The van der Waals surface area contributed by atoms with E-state index < -0.39 is 22.0 Å². The van der Waals surface area contributed by atoms with Crippen molar-refractivity contribution in [1.82, 2.24) is 4.31 Å². The molecule has 0 bridgehead atoms. The van der Waals surface area contributed by atoms with Crippen molar-refractivity contribution < 1.29 is 13.2 Å². The van der Waals surface area contributed by atoms with E-state index in [-0.39, 0.29) is 9.72 Å². The minimum absolute atomic E-state index is 0.0960. The molecule has 2 atom stereocenters. The predicted octanol–water partition coefficient (Wildman–Crippen LogP) is 5.36. The van der Waals surface area contributed by atoms with Gasteiger partial charge in [-0.1, -0.05) is 94.3 Å². The number of rotatable bonds is 4. The van der Waals surface area contributed by atoms with Crippen molar-refractivity contribution in [2.45, 2.75) is 22.7 Å². The van der Waals surface area contributed by atoms with Crippen LogP contribution in [0.15, 0.2) is 89.8 Å². The van der Waals surface area contributed by atoms with Gasteiger partial charge in [0.15, 0.2) is 0 Å². The molecule has 0 aromatic heterocycles. The number of sulfonamides is 1. The van der Waals surface area contributed by atoms with Crippen LogP contribution in [0.3, 0.4) is 0 Å². The number of halogens is 1. The molecule has 0 radical (unpaired) electrons. The molecule has 2 unspecified atom stereocenters.